The van der Waals surface area contributed by atoms with Gasteiger partial charge in [0.25, 0.3) is 5.56 Å². The molecule has 0 saturated heterocycles. The van der Waals surface area contributed by atoms with Crippen molar-refractivity contribution in [3.8, 4) is 5.75 Å². The van der Waals surface area contributed by atoms with E-state index in [0.717, 1.165) is 18.6 Å². The highest BCUT2D eigenvalue weighted by molar-refractivity contribution is 5.71. The van der Waals surface area contributed by atoms with E-state index in [9.17, 15) is 14.4 Å². The summed E-state index contributed by atoms with van der Waals surface area (Å²) in [7, 11) is 0. The molecule has 0 saturated carbocycles. The number of hydrogen-bond donors (Lipinski definition) is 1. The van der Waals surface area contributed by atoms with Crippen molar-refractivity contribution >= 4 is 17.1 Å². The molecule has 0 amide bonds. The Balaban J connectivity index is 1.65. The summed E-state index contributed by atoms with van der Waals surface area (Å²) in [6.45, 7) is 5.16. The number of hydrogen-bond acceptors (Lipinski definition) is 6. The number of nitrogens with zero attached hydrogens (tertiary/aromatic N) is 3. The SMILES string of the molecule is CCCCn1c(=O)[nH]c(=O)c2c1nc(COC(=O)CCCOc1ccccc1)n2CC. The number of rotatable bonds is 11. The molecule has 9 nitrogen and oxygen atoms in total. The van der Waals surface area contributed by atoms with E-state index in [4.69, 9.17) is 9.47 Å². The number of aromatic amines is 1. The normalized spacial score (nSPS) is 11.0. The molecule has 0 bridgehead atoms. The molecule has 0 aliphatic rings. The summed E-state index contributed by atoms with van der Waals surface area (Å²) in [5.74, 6) is 0.822. The summed E-state index contributed by atoms with van der Waals surface area (Å²) in [5.41, 5.74) is -0.321. The van der Waals surface area contributed by atoms with Crippen LogP contribution in [0.25, 0.3) is 11.2 Å². The lowest BCUT2D eigenvalue weighted by atomic mass is 10.3. The van der Waals surface area contributed by atoms with Crippen molar-refractivity contribution < 1.29 is 14.3 Å². The Hall–Kier alpha value is -3.36. The first kappa shape index (κ1) is 22.3. The molecule has 31 heavy (non-hydrogen) atoms. The van der Waals surface area contributed by atoms with Crippen molar-refractivity contribution in [2.45, 2.75) is 59.2 Å². The fourth-order valence-electron chi connectivity index (χ4n) is 3.33. The van der Waals surface area contributed by atoms with Gasteiger partial charge >= 0.3 is 11.7 Å². The third kappa shape index (κ3) is 5.42. The number of esters is 1. The van der Waals surface area contributed by atoms with Crippen molar-refractivity contribution in [3.63, 3.8) is 0 Å². The van der Waals surface area contributed by atoms with Gasteiger partial charge in [-0.2, -0.15) is 0 Å². The van der Waals surface area contributed by atoms with Crippen LogP contribution in [0.4, 0.5) is 0 Å². The molecule has 3 rings (SSSR count). The van der Waals surface area contributed by atoms with Gasteiger partial charge in [0.05, 0.1) is 6.61 Å². The minimum Gasteiger partial charge on any atom is -0.494 e. The van der Waals surface area contributed by atoms with Gasteiger partial charge in [-0.1, -0.05) is 31.5 Å². The Morgan fingerprint density at radius 2 is 1.87 bits per heavy atom. The number of fused-ring (bicyclic) bond motifs is 1. The van der Waals surface area contributed by atoms with Crippen LogP contribution in [0.1, 0.15) is 45.4 Å². The van der Waals surface area contributed by atoms with Gasteiger partial charge < -0.3 is 14.0 Å². The van der Waals surface area contributed by atoms with Crippen LogP contribution in [0.3, 0.4) is 0 Å². The van der Waals surface area contributed by atoms with Crippen LogP contribution in [-0.2, 0) is 29.2 Å². The second-order valence-corrected chi connectivity index (χ2v) is 7.13. The van der Waals surface area contributed by atoms with E-state index < -0.39 is 11.2 Å². The van der Waals surface area contributed by atoms with Gasteiger partial charge in [-0.25, -0.2) is 9.78 Å². The monoisotopic (exact) mass is 428 g/mol. The maximum Gasteiger partial charge on any atom is 0.330 e. The minimum atomic E-state index is -0.488. The van der Waals surface area contributed by atoms with Crippen LogP contribution in [0, 0.1) is 0 Å². The molecular formula is C22H28N4O5. The number of H-pyrrole nitrogens is 1. The van der Waals surface area contributed by atoms with Crippen LogP contribution in [0.15, 0.2) is 39.9 Å². The first-order chi connectivity index (χ1) is 15.0. The molecule has 0 aliphatic carbocycles. The van der Waals surface area contributed by atoms with E-state index >= 15 is 0 Å². The van der Waals surface area contributed by atoms with Crippen molar-refractivity contribution in [1.82, 2.24) is 19.1 Å². The first-order valence-electron chi connectivity index (χ1n) is 10.6. The number of benzene rings is 1. The lowest BCUT2D eigenvalue weighted by Gasteiger charge is -2.08. The fraction of sp³-hybridized carbons (Fsp3) is 0.455. The third-order valence-electron chi connectivity index (χ3n) is 4.92. The van der Waals surface area contributed by atoms with Gasteiger partial charge in [-0.15, -0.1) is 0 Å². The van der Waals surface area contributed by atoms with Crippen molar-refractivity contribution in [2.75, 3.05) is 6.61 Å². The average Bonchev–Trinajstić information content (AvgIpc) is 3.15. The zero-order valence-electron chi connectivity index (χ0n) is 17.9. The molecule has 2 heterocycles. The Kier molecular flexibility index (Phi) is 7.64. The molecule has 1 N–H and O–H groups in total. The molecule has 0 unspecified atom stereocenters. The number of carbonyl (C=O) groups is 1. The highest BCUT2D eigenvalue weighted by Crippen LogP contribution is 2.14. The second-order valence-electron chi connectivity index (χ2n) is 7.13. The largest absolute Gasteiger partial charge is 0.494 e. The van der Waals surface area contributed by atoms with E-state index in [-0.39, 0.29) is 19.0 Å². The molecule has 0 atom stereocenters. The summed E-state index contributed by atoms with van der Waals surface area (Å²) >= 11 is 0. The van der Waals surface area contributed by atoms with E-state index in [2.05, 4.69) is 9.97 Å². The summed E-state index contributed by atoms with van der Waals surface area (Å²) in [5, 5.41) is 0. The van der Waals surface area contributed by atoms with Crippen LogP contribution in [-0.4, -0.2) is 31.7 Å². The number of aryl methyl sites for hydroxylation is 2. The zero-order chi connectivity index (χ0) is 22.2. The third-order valence-corrected chi connectivity index (χ3v) is 4.92. The van der Waals surface area contributed by atoms with Gasteiger partial charge in [0.15, 0.2) is 11.2 Å². The minimum absolute atomic E-state index is 0.0672. The van der Waals surface area contributed by atoms with Crippen LogP contribution in [0.2, 0.25) is 0 Å². The smallest absolute Gasteiger partial charge is 0.330 e. The quantitative estimate of drug-likeness (QED) is 0.371. The number of para-hydroxylation sites is 1. The molecule has 166 valence electrons. The molecule has 1 aromatic carbocycles. The number of imidazole rings is 1. The molecule has 0 spiro atoms. The van der Waals surface area contributed by atoms with E-state index in [1.165, 1.54) is 4.57 Å². The molecule has 0 radical (unpaired) electrons. The highest BCUT2D eigenvalue weighted by atomic mass is 16.5. The molecule has 2 aromatic heterocycles. The second kappa shape index (κ2) is 10.6. The Morgan fingerprint density at radius 3 is 2.58 bits per heavy atom. The summed E-state index contributed by atoms with van der Waals surface area (Å²) < 4.78 is 14.1. The molecule has 9 heteroatoms. The van der Waals surface area contributed by atoms with Gasteiger partial charge in [0.2, 0.25) is 0 Å². The van der Waals surface area contributed by atoms with Gasteiger partial charge in [-0.05, 0) is 31.9 Å². The summed E-state index contributed by atoms with van der Waals surface area (Å²) in [6.07, 6.45) is 2.42. The van der Waals surface area contributed by atoms with E-state index in [1.807, 2.05) is 44.2 Å². The Bertz CT molecular complexity index is 1130. The Morgan fingerprint density at radius 1 is 1.10 bits per heavy atom. The number of nitrogens with one attached hydrogen (secondary N) is 1. The topological polar surface area (TPSA) is 108 Å². The number of unbranched alkanes of at least 4 members (excludes halogenated alkanes) is 1. The molecule has 3 aromatic rings. The number of ether oxygens (including phenoxy) is 2. The maximum atomic E-state index is 12.4. The fourth-order valence-corrected chi connectivity index (χ4v) is 3.33. The predicted octanol–water partition coefficient (Wildman–Crippen LogP) is 2.61. The van der Waals surface area contributed by atoms with Gasteiger partial charge in [0.1, 0.15) is 18.2 Å². The average molecular weight is 428 g/mol. The first-order valence-corrected chi connectivity index (χ1v) is 10.6. The van der Waals surface area contributed by atoms with Gasteiger partial charge in [0, 0.05) is 19.5 Å². The van der Waals surface area contributed by atoms with Crippen molar-refractivity contribution in [2.24, 2.45) is 0 Å². The zero-order valence-corrected chi connectivity index (χ0v) is 17.9. The molecule has 0 aliphatic heterocycles. The summed E-state index contributed by atoms with van der Waals surface area (Å²) in [4.78, 5) is 43.6. The van der Waals surface area contributed by atoms with E-state index in [1.54, 1.807) is 4.57 Å². The Labute approximate surface area is 179 Å². The lowest BCUT2D eigenvalue weighted by molar-refractivity contribution is -0.145. The van der Waals surface area contributed by atoms with Crippen LogP contribution in [0.5, 0.6) is 5.75 Å². The van der Waals surface area contributed by atoms with Crippen LogP contribution >= 0.6 is 0 Å². The molecule has 0 fully saturated rings. The van der Waals surface area contributed by atoms with Crippen molar-refractivity contribution in [3.05, 3.63) is 57.0 Å². The lowest BCUT2D eigenvalue weighted by Crippen LogP contribution is -2.31. The highest BCUT2D eigenvalue weighted by Gasteiger charge is 2.18. The number of aromatic nitrogens is 4. The number of carbonyl (C=O) groups excluding carboxylic acids is 1. The van der Waals surface area contributed by atoms with Gasteiger partial charge in [-0.3, -0.25) is 19.1 Å². The van der Waals surface area contributed by atoms with E-state index in [0.29, 0.717) is 43.1 Å². The maximum absolute atomic E-state index is 12.4. The van der Waals surface area contributed by atoms with Crippen molar-refractivity contribution in [1.29, 1.82) is 0 Å². The summed E-state index contributed by atoms with van der Waals surface area (Å²) in [6, 6.07) is 9.39. The standard InChI is InChI=1S/C22H28N4O5/c1-3-5-13-26-20-19(21(28)24-22(26)29)25(4-2)17(23-20)15-31-18(27)12-9-14-30-16-10-7-6-8-11-16/h6-8,10-11H,3-5,9,12-15H2,1-2H3,(H,24,28,29). The molecular weight excluding hydrogens is 400 g/mol. The van der Waals surface area contributed by atoms with Crippen LogP contribution < -0.4 is 16.0 Å². The predicted molar refractivity (Wildman–Crippen MR) is 116 cm³/mol.